The molecule has 0 aliphatic heterocycles. The first-order valence-corrected chi connectivity index (χ1v) is 6.36. The summed E-state index contributed by atoms with van der Waals surface area (Å²) in [5.41, 5.74) is 0. The Kier molecular flexibility index (Phi) is 3.07. The fraction of sp³-hybridized carbons (Fsp3) is 0.500. The van der Waals surface area contributed by atoms with Crippen molar-refractivity contribution in [2.75, 3.05) is 18.1 Å². The van der Waals surface area contributed by atoms with Crippen LogP contribution < -0.4 is 5.32 Å². The molecule has 1 aliphatic rings. The minimum absolute atomic E-state index is 0.291. The molecule has 2 rings (SSSR count). The van der Waals surface area contributed by atoms with Crippen LogP contribution in [0.15, 0.2) is 12.3 Å². The van der Waals surface area contributed by atoms with E-state index in [1.54, 1.807) is 0 Å². The van der Waals surface area contributed by atoms with Crippen LogP contribution in [0.3, 0.4) is 0 Å². The summed E-state index contributed by atoms with van der Waals surface area (Å²) in [6, 6.07) is 1.27. The second-order valence-electron chi connectivity index (χ2n) is 3.72. The Morgan fingerprint density at radius 2 is 2.40 bits per heavy atom. The summed E-state index contributed by atoms with van der Waals surface area (Å²) in [5, 5.41) is 3.35. The molecule has 0 atom stereocenters. The Balaban J connectivity index is 1.99. The van der Waals surface area contributed by atoms with Gasteiger partial charge in [-0.05, 0) is 25.2 Å². The number of nitrogens with one attached hydrogen (secondary N) is 1. The molecule has 1 saturated carbocycles. The zero-order valence-electron chi connectivity index (χ0n) is 8.39. The number of halogens is 2. The van der Waals surface area contributed by atoms with Gasteiger partial charge in [-0.2, -0.15) is 11.8 Å². The van der Waals surface area contributed by atoms with Gasteiger partial charge >= 0.3 is 0 Å². The van der Waals surface area contributed by atoms with Gasteiger partial charge in [-0.3, -0.25) is 0 Å². The average molecular weight is 247 g/mol. The third-order valence-electron chi connectivity index (χ3n) is 2.63. The molecular weight excluding hydrogens is 235 g/mol. The van der Waals surface area contributed by atoms with Crippen LogP contribution in [0, 0.1) is 5.82 Å². The van der Waals surface area contributed by atoms with Crippen LogP contribution in [-0.2, 0) is 0 Å². The minimum atomic E-state index is -0.389. The van der Waals surface area contributed by atoms with Crippen molar-refractivity contribution in [3.05, 3.63) is 23.1 Å². The molecule has 1 N–H and O–H groups in total. The standard InChI is InChI=1S/C10H12ClFN2S/c1-15-10(2-3-10)6-14-9-8(12)4-7(11)5-13-9/h4-5H,2-3,6H2,1H3,(H,13,14). The lowest BCUT2D eigenvalue weighted by Gasteiger charge is -2.13. The van der Waals surface area contributed by atoms with E-state index in [0.717, 1.165) is 6.54 Å². The molecule has 1 heterocycles. The van der Waals surface area contributed by atoms with Crippen LogP contribution >= 0.6 is 23.4 Å². The molecule has 0 saturated heterocycles. The molecule has 1 aromatic heterocycles. The summed E-state index contributed by atoms with van der Waals surface area (Å²) >= 11 is 7.44. The topological polar surface area (TPSA) is 24.9 Å². The predicted octanol–water partition coefficient (Wildman–Crippen LogP) is 3.18. The van der Waals surface area contributed by atoms with Gasteiger partial charge in [0.05, 0.1) is 5.02 Å². The molecule has 2 nitrogen and oxygen atoms in total. The van der Waals surface area contributed by atoms with Crippen molar-refractivity contribution in [1.29, 1.82) is 0 Å². The monoisotopic (exact) mass is 246 g/mol. The molecular formula is C10H12ClFN2S. The van der Waals surface area contributed by atoms with Gasteiger partial charge in [-0.15, -0.1) is 0 Å². The number of hydrogen-bond donors (Lipinski definition) is 1. The van der Waals surface area contributed by atoms with Crippen LogP contribution in [0.1, 0.15) is 12.8 Å². The quantitative estimate of drug-likeness (QED) is 0.883. The maximum atomic E-state index is 13.3. The van der Waals surface area contributed by atoms with E-state index in [-0.39, 0.29) is 5.82 Å². The molecule has 15 heavy (non-hydrogen) atoms. The van der Waals surface area contributed by atoms with E-state index in [9.17, 15) is 4.39 Å². The van der Waals surface area contributed by atoms with Crippen molar-refractivity contribution in [3.63, 3.8) is 0 Å². The number of nitrogens with zero attached hydrogens (tertiary/aromatic N) is 1. The van der Waals surface area contributed by atoms with E-state index in [4.69, 9.17) is 11.6 Å². The maximum absolute atomic E-state index is 13.3. The Morgan fingerprint density at radius 1 is 1.67 bits per heavy atom. The van der Waals surface area contributed by atoms with Gasteiger partial charge in [0.15, 0.2) is 11.6 Å². The average Bonchev–Trinajstić information content (AvgIpc) is 2.97. The highest BCUT2D eigenvalue weighted by molar-refractivity contribution is 8.00. The zero-order valence-corrected chi connectivity index (χ0v) is 9.96. The number of thioether (sulfide) groups is 1. The molecule has 1 aromatic rings. The summed E-state index contributed by atoms with van der Waals surface area (Å²) in [6.07, 6.45) is 5.92. The lowest BCUT2D eigenvalue weighted by atomic mass is 10.4. The van der Waals surface area contributed by atoms with Crippen LogP contribution in [0.25, 0.3) is 0 Å². The molecule has 0 radical (unpaired) electrons. The van der Waals surface area contributed by atoms with E-state index < -0.39 is 0 Å². The summed E-state index contributed by atoms with van der Waals surface area (Å²) in [4.78, 5) is 3.92. The van der Waals surface area contributed by atoms with Crippen molar-refractivity contribution in [3.8, 4) is 0 Å². The van der Waals surface area contributed by atoms with Gasteiger partial charge in [0.2, 0.25) is 0 Å². The SMILES string of the molecule is CSC1(CNc2ncc(Cl)cc2F)CC1. The number of pyridine rings is 1. The Hall–Kier alpha value is -0.480. The van der Waals surface area contributed by atoms with E-state index in [2.05, 4.69) is 16.6 Å². The Bertz CT molecular complexity index is 368. The van der Waals surface area contributed by atoms with Crippen LogP contribution in [0.2, 0.25) is 5.02 Å². The number of rotatable bonds is 4. The first kappa shape index (κ1) is 11.0. The number of anilines is 1. The first-order valence-electron chi connectivity index (χ1n) is 4.75. The summed E-state index contributed by atoms with van der Waals surface area (Å²) < 4.78 is 13.6. The molecule has 0 unspecified atom stereocenters. The fourth-order valence-electron chi connectivity index (χ4n) is 1.38. The van der Waals surface area contributed by atoms with Crippen LogP contribution in [-0.4, -0.2) is 22.5 Å². The second-order valence-corrected chi connectivity index (χ2v) is 5.44. The molecule has 1 aliphatic carbocycles. The number of aromatic nitrogens is 1. The third kappa shape index (κ3) is 2.55. The lowest BCUT2D eigenvalue weighted by molar-refractivity contribution is 0.624. The highest BCUT2D eigenvalue weighted by Gasteiger charge is 2.41. The van der Waals surface area contributed by atoms with E-state index in [1.807, 2.05) is 11.8 Å². The van der Waals surface area contributed by atoms with Gasteiger partial charge in [0.1, 0.15) is 0 Å². The smallest absolute Gasteiger partial charge is 0.166 e. The molecule has 1 fully saturated rings. The van der Waals surface area contributed by atoms with Gasteiger partial charge in [0, 0.05) is 17.5 Å². The summed E-state index contributed by atoms with van der Waals surface area (Å²) in [7, 11) is 0. The Labute approximate surface area is 97.6 Å². The maximum Gasteiger partial charge on any atom is 0.166 e. The molecule has 0 bridgehead atoms. The lowest BCUT2D eigenvalue weighted by Crippen LogP contribution is -2.18. The largest absolute Gasteiger partial charge is 0.366 e. The summed E-state index contributed by atoms with van der Waals surface area (Å²) in [6.45, 7) is 0.764. The van der Waals surface area contributed by atoms with Crippen molar-refractivity contribution in [1.82, 2.24) is 4.98 Å². The predicted molar refractivity (Wildman–Crippen MR) is 63.2 cm³/mol. The number of hydrogen-bond acceptors (Lipinski definition) is 3. The van der Waals surface area contributed by atoms with E-state index in [0.29, 0.717) is 15.6 Å². The van der Waals surface area contributed by atoms with Crippen molar-refractivity contribution >= 4 is 29.2 Å². The highest BCUT2D eigenvalue weighted by Crippen LogP contribution is 2.47. The molecule has 0 spiro atoms. The second kappa shape index (κ2) is 4.18. The van der Waals surface area contributed by atoms with Gasteiger partial charge in [-0.1, -0.05) is 11.6 Å². The third-order valence-corrected chi connectivity index (χ3v) is 4.25. The summed E-state index contributed by atoms with van der Waals surface area (Å²) in [5.74, 6) is -0.0980. The molecule has 0 aromatic carbocycles. The van der Waals surface area contributed by atoms with Crippen molar-refractivity contribution in [2.24, 2.45) is 0 Å². The fourth-order valence-corrected chi connectivity index (χ4v) is 2.25. The first-order chi connectivity index (χ1) is 7.15. The van der Waals surface area contributed by atoms with E-state index in [1.165, 1.54) is 25.1 Å². The van der Waals surface area contributed by atoms with Crippen molar-refractivity contribution in [2.45, 2.75) is 17.6 Å². The van der Waals surface area contributed by atoms with Gasteiger partial charge in [-0.25, -0.2) is 9.37 Å². The van der Waals surface area contributed by atoms with Crippen molar-refractivity contribution < 1.29 is 4.39 Å². The highest BCUT2D eigenvalue weighted by atomic mass is 35.5. The molecule has 82 valence electrons. The molecule has 0 amide bonds. The van der Waals surface area contributed by atoms with E-state index >= 15 is 0 Å². The Morgan fingerprint density at radius 3 is 2.93 bits per heavy atom. The van der Waals surface area contributed by atoms with Gasteiger partial charge in [0.25, 0.3) is 0 Å². The van der Waals surface area contributed by atoms with Crippen LogP contribution in [0.4, 0.5) is 10.2 Å². The normalized spacial score (nSPS) is 17.5. The molecule has 5 heteroatoms. The van der Waals surface area contributed by atoms with Crippen LogP contribution in [0.5, 0.6) is 0 Å². The van der Waals surface area contributed by atoms with Gasteiger partial charge < -0.3 is 5.32 Å². The minimum Gasteiger partial charge on any atom is -0.366 e. The zero-order chi connectivity index (χ0) is 10.9.